The minimum absolute atomic E-state index is 0.944. The van der Waals surface area contributed by atoms with Crippen molar-refractivity contribution in [2.45, 2.75) is 0 Å². The minimum atomic E-state index is 0.944. The molecule has 1 aromatic heterocycles. The summed E-state index contributed by atoms with van der Waals surface area (Å²) in [5, 5.41) is 0. The van der Waals surface area contributed by atoms with Gasteiger partial charge in [-0.3, -0.25) is 4.57 Å². The molecule has 0 saturated heterocycles. The van der Waals surface area contributed by atoms with Gasteiger partial charge in [-0.05, 0) is 29.3 Å². The number of para-hydroxylation sites is 1. The SMILES string of the molecule is Brc1ccccc1-c1ccc(-c2nccn2-c2ccccc2)cc1. The summed E-state index contributed by atoms with van der Waals surface area (Å²) in [6.07, 6.45) is 3.83. The van der Waals surface area contributed by atoms with Crippen LogP contribution in [0.3, 0.4) is 0 Å². The highest BCUT2D eigenvalue weighted by atomic mass is 79.9. The van der Waals surface area contributed by atoms with E-state index in [1.54, 1.807) is 0 Å². The van der Waals surface area contributed by atoms with Gasteiger partial charge in [-0.1, -0.05) is 76.6 Å². The van der Waals surface area contributed by atoms with Gasteiger partial charge >= 0.3 is 0 Å². The number of aromatic nitrogens is 2. The molecule has 116 valence electrons. The van der Waals surface area contributed by atoms with Crippen molar-refractivity contribution in [2.24, 2.45) is 0 Å². The molecule has 4 aromatic rings. The second kappa shape index (κ2) is 6.46. The fraction of sp³-hybridized carbons (Fsp3) is 0. The number of rotatable bonds is 3. The van der Waals surface area contributed by atoms with Gasteiger partial charge in [0.15, 0.2) is 0 Å². The number of benzene rings is 3. The third kappa shape index (κ3) is 2.79. The quantitative estimate of drug-likeness (QED) is 0.431. The van der Waals surface area contributed by atoms with Crippen molar-refractivity contribution in [3.05, 3.63) is 95.7 Å². The highest BCUT2D eigenvalue weighted by Crippen LogP contribution is 2.30. The molecular weight excluding hydrogens is 360 g/mol. The van der Waals surface area contributed by atoms with Crippen molar-refractivity contribution in [3.8, 4) is 28.2 Å². The summed E-state index contributed by atoms with van der Waals surface area (Å²) < 4.78 is 3.21. The lowest BCUT2D eigenvalue weighted by Crippen LogP contribution is -1.95. The van der Waals surface area contributed by atoms with E-state index in [-0.39, 0.29) is 0 Å². The molecular formula is C21H15BrN2. The number of nitrogens with zero attached hydrogens (tertiary/aromatic N) is 2. The first-order chi connectivity index (χ1) is 11.8. The van der Waals surface area contributed by atoms with Crippen LogP contribution in [0.4, 0.5) is 0 Å². The van der Waals surface area contributed by atoms with Crippen molar-refractivity contribution in [3.63, 3.8) is 0 Å². The topological polar surface area (TPSA) is 17.8 Å². The minimum Gasteiger partial charge on any atom is -0.300 e. The van der Waals surface area contributed by atoms with Gasteiger partial charge in [0.25, 0.3) is 0 Å². The van der Waals surface area contributed by atoms with Crippen LogP contribution in [0.25, 0.3) is 28.2 Å². The molecule has 0 aliphatic heterocycles. The van der Waals surface area contributed by atoms with Crippen molar-refractivity contribution in [2.75, 3.05) is 0 Å². The fourth-order valence-electron chi connectivity index (χ4n) is 2.81. The van der Waals surface area contributed by atoms with Crippen LogP contribution in [0.5, 0.6) is 0 Å². The molecule has 0 fully saturated rings. The molecule has 1 heterocycles. The van der Waals surface area contributed by atoms with Gasteiger partial charge in [0.1, 0.15) is 5.82 Å². The summed E-state index contributed by atoms with van der Waals surface area (Å²) in [5.41, 5.74) is 4.58. The fourth-order valence-corrected chi connectivity index (χ4v) is 3.32. The monoisotopic (exact) mass is 374 g/mol. The Hall–Kier alpha value is -2.65. The molecule has 0 saturated carbocycles. The zero-order valence-electron chi connectivity index (χ0n) is 12.9. The molecule has 4 rings (SSSR count). The average molecular weight is 375 g/mol. The first kappa shape index (κ1) is 14.9. The first-order valence-electron chi connectivity index (χ1n) is 7.77. The molecule has 0 aliphatic carbocycles. The Bertz CT molecular complexity index is 957. The third-order valence-corrected chi connectivity index (χ3v) is 4.69. The Labute approximate surface area is 149 Å². The molecule has 24 heavy (non-hydrogen) atoms. The van der Waals surface area contributed by atoms with Gasteiger partial charge in [-0.15, -0.1) is 0 Å². The maximum absolute atomic E-state index is 4.54. The summed E-state index contributed by atoms with van der Waals surface area (Å²) in [7, 11) is 0. The van der Waals surface area contributed by atoms with E-state index in [1.165, 1.54) is 11.1 Å². The van der Waals surface area contributed by atoms with Crippen LogP contribution in [-0.2, 0) is 0 Å². The van der Waals surface area contributed by atoms with Gasteiger partial charge in [-0.25, -0.2) is 4.98 Å². The highest BCUT2D eigenvalue weighted by molar-refractivity contribution is 9.10. The molecule has 3 aromatic carbocycles. The molecule has 0 aliphatic rings. The molecule has 0 N–H and O–H groups in total. The Morgan fingerprint density at radius 3 is 2.12 bits per heavy atom. The number of imidazole rings is 1. The largest absolute Gasteiger partial charge is 0.300 e. The van der Waals surface area contributed by atoms with Gasteiger partial charge < -0.3 is 0 Å². The smallest absolute Gasteiger partial charge is 0.144 e. The molecule has 0 atom stereocenters. The standard InChI is InChI=1S/C21H15BrN2/c22-20-9-5-4-8-19(20)16-10-12-17(13-11-16)21-23-14-15-24(21)18-6-2-1-3-7-18/h1-15H. The molecule has 0 amide bonds. The van der Waals surface area contributed by atoms with Crippen LogP contribution in [0.2, 0.25) is 0 Å². The van der Waals surface area contributed by atoms with Crippen molar-refractivity contribution in [1.82, 2.24) is 9.55 Å². The summed E-state index contributed by atoms with van der Waals surface area (Å²) in [6, 6.07) is 27.0. The van der Waals surface area contributed by atoms with E-state index < -0.39 is 0 Å². The number of halogens is 1. The van der Waals surface area contributed by atoms with Crippen LogP contribution in [0, 0.1) is 0 Å². The number of hydrogen-bond donors (Lipinski definition) is 0. The molecule has 0 spiro atoms. The maximum atomic E-state index is 4.54. The molecule has 3 heteroatoms. The van der Waals surface area contributed by atoms with Gasteiger partial charge in [0, 0.05) is 28.1 Å². The van der Waals surface area contributed by atoms with Crippen molar-refractivity contribution < 1.29 is 0 Å². The van der Waals surface area contributed by atoms with E-state index in [2.05, 4.69) is 80.1 Å². The Balaban J connectivity index is 1.73. The zero-order chi connectivity index (χ0) is 16.4. The summed E-state index contributed by atoms with van der Waals surface area (Å²) in [4.78, 5) is 4.54. The predicted octanol–water partition coefficient (Wildman–Crippen LogP) is 5.97. The summed E-state index contributed by atoms with van der Waals surface area (Å²) in [6.45, 7) is 0. The van der Waals surface area contributed by atoms with Gasteiger partial charge in [0.05, 0.1) is 0 Å². The Kier molecular flexibility index (Phi) is 4.01. The lowest BCUT2D eigenvalue weighted by Gasteiger charge is -2.09. The Morgan fingerprint density at radius 1 is 0.708 bits per heavy atom. The number of hydrogen-bond acceptors (Lipinski definition) is 1. The van der Waals surface area contributed by atoms with Crippen LogP contribution in [0.1, 0.15) is 0 Å². The second-order valence-electron chi connectivity index (χ2n) is 5.51. The third-order valence-electron chi connectivity index (χ3n) is 4.00. The molecule has 0 bridgehead atoms. The van der Waals surface area contributed by atoms with E-state index in [1.807, 2.05) is 36.7 Å². The van der Waals surface area contributed by atoms with E-state index in [9.17, 15) is 0 Å². The van der Waals surface area contributed by atoms with E-state index in [4.69, 9.17) is 0 Å². The maximum Gasteiger partial charge on any atom is 0.144 e. The molecule has 0 unspecified atom stereocenters. The van der Waals surface area contributed by atoms with Crippen molar-refractivity contribution in [1.29, 1.82) is 0 Å². The van der Waals surface area contributed by atoms with Crippen LogP contribution in [0.15, 0.2) is 95.7 Å². The van der Waals surface area contributed by atoms with Crippen LogP contribution in [-0.4, -0.2) is 9.55 Å². The molecule has 0 radical (unpaired) electrons. The van der Waals surface area contributed by atoms with Gasteiger partial charge in [-0.2, -0.15) is 0 Å². The Morgan fingerprint density at radius 2 is 1.38 bits per heavy atom. The lowest BCUT2D eigenvalue weighted by molar-refractivity contribution is 1.07. The normalized spacial score (nSPS) is 10.7. The summed E-state index contributed by atoms with van der Waals surface area (Å²) in [5.74, 6) is 0.944. The second-order valence-corrected chi connectivity index (χ2v) is 6.37. The average Bonchev–Trinajstić information content (AvgIpc) is 3.13. The summed E-state index contributed by atoms with van der Waals surface area (Å²) >= 11 is 3.62. The van der Waals surface area contributed by atoms with Crippen molar-refractivity contribution >= 4 is 15.9 Å². The van der Waals surface area contributed by atoms with Gasteiger partial charge in [0.2, 0.25) is 0 Å². The predicted molar refractivity (Wildman–Crippen MR) is 102 cm³/mol. The van der Waals surface area contributed by atoms with Crippen LogP contribution >= 0.6 is 15.9 Å². The zero-order valence-corrected chi connectivity index (χ0v) is 14.5. The highest BCUT2D eigenvalue weighted by Gasteiger charge is 2.08. The van der Waals surface area contributed by atoms with E-state index >= 15 is 0 Å². The van der Waals surface area contributed by atoms with E-state index in [0.717, 1.165) is 21.5 Å². The van der Waals surface area contributed by atoms with Crippen LogP contribution < -0.4 is 0 Å². The first-order valence-corrected chi connectivity index (χ1v) is 8.56. The molecule has 2 nitrogen and oxygen atoms in total. The van der Waals surface area contributed by atoms with E-state index in [0.29, 0.717) is 0 Å². The lowest BCUT2D eigenvalue weighted by atomic mass is 10.0.